The highest BCUT2D eigenvalue weighted by atomic mass is 35.5. The van der Waals surface area contributed by atoms with Gasteiger partial charge in [0.25, 0.3) is 11.5 Å². The summed E-state index contributed by atoms with van der Waals surface area (Å²) >= 11 is 5.90. The summed E-state index contributed by atoms with van der Waals surface area (Å²) in [5.41, 5.74) is 2.80. The Bertz CT molecular complexity index is 1460. The van der Waals surface area contributed by atoms with E-state index in [2.05, 4.69) is 27.8 Å². The van der Waals surface area contributed by atoms with E-state index < -0.39 is 11.5 Å². The lowest BCUT2D eigenvalue weighted by atomic mass is 10.1. The lowest BCUT2D eigenvalue weighted by molar-refractivity contribution is 0.0947. The zero-order chi connectivity index (χ0) is 22.7. The van der Waals surface area contributed by atoms with Gasteiger partial charge in [-0.3, -0.25) is 9.59 Å². The van der Waals surface area contributed by atoms with Crippen LogP contribution < -0.4 is 11.0 Å². The average molecular weight is 440 g/mol. The molecule has 0 radical (unpaired) electrons. The molecular weight excluding hydrogens is 426 g/mol. The van der Waals surface area contributed by atoms with Crippen molar-refractivity contribution >= 4 is 34.5 Å². The van der Waals surface area contributed by atoms with Crippen molar-refractivity contribution in [1.29, 1.82) is 5.26 Å². The number of carbonyl (C=O) groups is 1. The Morgan fingerprint density at radius 3 is 2.75 bits per heavy atom. The van der Waals surface area contributed by atoms with Crippen molar-refractivity contribution in [2.75, 3.05) is 0 Å². The zero-order valence-corrected chi connectivity index (χ0v) is 17.5. The van der Waals surface area contributed by atoms with Crippen molar-refractivity contribution in [3.8, 4) is 11.8 Å². The summed E-state index contributed by atoms with van der Waals surface area (Å²) in [6.07, 6.45) is 1.49. The first-order valence-electron chi connectivity index (χ1n) is 9.44. The minimum Gasteiger partial charge on any atom is -0.266 e. The largest absolute Gasteiger partial charge is 0.292 e. The van der Waals surface area contributed by atoms with Gasteiger partial charge in [-0.15, -0.1) is 0 Å². The van der Waals surface area contributed by atoms with Crippen molar-refractivity contribution in [3.63, 3.8) is 0 Å². The van der Waals surface area contributed by atoms with E-state index in [1.165, 1.54) is 13.1 Å². The van der Waals surface area contributed by atoms with E-state index in [4.69, 9.17) is 11.6 Å². The van der Waals surface area contributed by atoms with Crippen LogP contribution in [-0.4, -0.2) is 21.9 Å². The number of halogens is 1. The van der Waals surface area contributed by atoms with E-state index in [1.807, 2.05) is 30.3 Å². The van der Waals surface area contributed by atoms with Gasteiger partial charge in [0, 0.05) is 21.5 Å². The van der Waals surface area contributed by atoms with Crippen molar-refractivity contribution in [1.82, 2.24) is 15.2 Å². The van der Waals surface area contributed by atoms with Gasteiger partial charge in [-0.1, -0.05) is 41.9 Å². The Morgan fingerprint density at radius 1 is 1.25 bits per heavy atom. The number of nitriles is 1. The minimum absolute atomic E-state index is 0.0916. The average Bonchev–Trinajstić information content (AvgIpc) is 2.80. The van der Waals surface area contributed by atoms with E-state index in [9.17, 15) is 14.9 Å². The molecule has 1 aromatic heterocycles. The SMILES string of the molecule is Cc1c(C(=O)N/N=C/c2cc#cc3ccccc23)nn(-c2ccc(Cl)cc2)c(=O)c1C#N. The van der Waals surface area contributed by atoms with Crippen LogP contribution in [0.15, 0.2) is 64.5 Å². The Hall–Kier alpha value is -4.46. The van der Waals surface area contributed by atoms with Gasteiger partial charge in [0.1, 0.15) is 11.6 Å². The van der Waals surface area contributed by atoms with Gasteiger partial charge in [-0.2, -0.15) is 20.1 Å². The molecule has 0 aliphatic rings. The van der Waals surface area contributed by atoms with Crippen LogP contribution in [0.1, 0.15) is 27.2 Å². The monoisotopic (exact) mass is 439 g/mol. The van der Waals surface area contributed by atoms with Gasteiger partial charge in [0.05, 0.1) is 11.9 Å². The molecule has 0 spiro atoms. The van der Waals surface area contributed by atoms with Crippen molar-refractivity contribution in [2.45, 2.75) is 6.92 Å². The van der Waals surface area contributed by atoms with E-state index in [1.54, 1.807) is 30.3 Å². The third-order valence-electron chi connectivity index (χ3n) is 4.78. The van der Waals surface area contributed by atoms with Gasteiger partial charge in [0.2, 0.25) is 0 Å². The number of rotatable bonds is 4. The predicted molar refractivity (Wildman–Crippen MR) is 121 cm³/mol. The molecule has 1 amide bonds. The van der Waals surface area contributed by atoms with Crippen LogP contribution in [-0.2, 0) is 0 Å². The number of hydrazone groups is 1. The number of benzene rings is 2. The van der Waals surface area contributed by atoms with Crippen LogP contribution in [0.5, 0.6) is 0 Å². The lowest BCUT2D eigenvalue weighted by Crippen LogP contribution is -2.31. The highest BCUT2D eigenvalue weighted by Crippen LogP contribution is 2.15. The molecule has 0 aliphatic carbocycles. The molecule has 0 bridgehead atoms. The summed E-state index contributed by atoms with van der Waals surface area (Å²) in [6.45, 7) is 1.49. The second-order valence-electron chi connectivity index (χ2n) is 6.77. The molecule has 0 atom stereocenters. The maximum Gasteiger partial charge on any atom is 0.292 e. The maximum absolute atomic E-state index is 12.8. The summed E-state index contributed by atoms with van der Waals surface area (Å²) in [4.78, 5) is 25.5. The van der Waals surface area contributed by atoms with Crippen molar-refractivity contribution < 1.29 is 4.79 Å². The summed E-state index contributed by atoms with van der Waals surface area (Å²) in [7, 11) is 0. The number of fused-ring (bicyclic) bond motifs is 1. The van der Waals surface area contributed by atoms with E-state index in [0.717, 1.165) is 21.0 Å². The van der Waals surface area contributed by atoms with E-state index in [-0.39, 0.29) is 16.8 Å². The molecule has 32 heavy (non-hydrogen) atoms. The van der Waals surface area contributed by atoms with Gasteiger partial charge in [-0.25, -0.2) is 5.43 Å². The van der Waals surface area contributed by atoms with Crippen LogP contribution in [0.4, 0.5) is 0 Å². The molecule has 0 unspecified atom stereocenters. The number of hydrogen-bond acceptors (Lipinski definition) is 5. The Kier molecular flexibility index (Phi) is 5.67. The van der Waals surface area contributed by atoms with Crippen LogP contribution >= 0.6 is 11.6 Å². The second kappa shape index (κ2) is 8.73. The summed E-state index contributed by atoms with van der Waals surface area (Å²) < 4.78 is 0.996. The van der Waals surface area contributed by atoms with Crippen LogP contribution in [0.25, 0.3) is 16.5 Å². The smallest absolute Gasteiger partial charge is 0.266 e. The molecule has 1 N–H and O–H groups in total. The van der Waals surface area contributed by atoms with E-state index >= 15 is 0 Å². The van der Waals surface area contributed by atoms with Gasteiger partial charge in [0.15, 0.2) is 5.69 Å². The zero-order valence-electron chi connectivity index (χ0n) is 16.8. The fraction of sp³-hybridized carbons (Fsp3) is 0.0417. The van der Waals surface area contributed by atoms with Crippen LogP contribution in [0.2, 0.25) is 5.02 Å². The molecule has 0 aliphatic heterocycles. The number of amides is 1. The first-order valence-corrected chi connectivity index (χ1v) is 9.82. The van der Waals surface area contributed by atoms with Crippen molar-refractivity contribution in [3.05, 3.63) is 104 Å². The van der Waals surface area contributed by atoms with Crippen LogP contribution in [0, 0.1) is 30.4 Å². The van der Waals surface area contributed by atoms with Gasteiger partial charge < -0.3 is 0 Å². The number of hydrogen-bond donors (Lipinski definition) is 1. The summed E-state index contributed by atoms with van der Waals surface area (Å²) in [5.74, 6) is -0.659. The van der Waals surface area contributed by atoms with Gasteiger partial charge >= 0.3 is 0 Å². The van der Waals surface area contributed by atoms with Crippen LogP contribution in [0.3, 0.4) is 0 Å². The molecule has 0 saturated heterocycles. The minimum atomic E-state index is -0.659. The number of nitrogens with zero attached hydrogens (tertiary/aromatic N) is 4. The molecule has 0 saturated carbocycles. The summed E-state index contributed by atoms with van der Waals surface area (Å²) in [6, 6.07) is 23.4. The maximum atomic E-state index is 12.8. The highest BCUT2D eigenvalue weighted by Gasteiger charge is 2.20. The highest BCUT2D eigenvalue weighted by molar-refractivity contribution is 6.30. The topological polar surface area (TPSA) is 100 Å². The fourth-order valence-corrected chi connectivity index (χ4v) is 3.27. The molecule has 3 aromatic carbocycles. The van der Waals surface area contributed by atoms with E-state index in [0.29, 0.717) is 10.7 Å². The van der Waals surface area contributed by atoms with Gasteiger partial charge in [-0.05, 0) is 48.7 Å². The molecule has 4 rings (SSSR count). The molecule has 0 fully saturated rings. The predicted octanol–water partition coefficient (Wildman–Crippen LogP) is 3.58. The fourth-order valence-electron chi connectivity index (χ4n) is 3.14. The standard InChI is InChI=1S/C24H14ClN5O2/c1-15-21(13-26)24(32)30(19-11-9-18(25)10-12-19)29-22(15)23(31)28-27-14-17-7-4-6-16-5-2-3-8-20(16)17/h2-3,5,7-12,14H,1H3,(H,28,31)/b27-14+. The Balaban J connectivity index is 1.68. The molecule has 154 valence electrons. The Labute approximate surface area is 188 Å². The molecule has 8 heteroatoms. The number of aromatic nitrogens is 2. The summed E-state index contributed by atoms with van der Waals surface area (Å²) in [5, 5.41) is 19.9. The normalized spacial score (nSPS) is 10.7. The molecular formula is C24H14ClN5O2. The first-order chi connectivity index (χ1) is 15.5. The lowest BCUT2D eigenvalue weighted by Gasteiger charge is -2.10. The molecule has 1 heterocycles. The Morgan fingerprint density at radius 2 is 2.00 bits per heavy atom. The third-order valence-corrected chi connectivity index (χ3v) is 5.03. The van der Waals surface area contributed by atoms with Crippen molar-refractivity contribution in [2.24, 2.45) is 5.10 Å². The number of carbonyl (C=O) groups excluding carboxylic acids is 1. The second-order valence-corrected chi connectivity index (χ2v) is 7.20. The quantitative estimate of drug-likeness (QED) is 0.388. The molecule has 4 aromatic rings. The first kappa shape index (κ1) is 20.8. The third kappa shape index (κ3) is 3.93. The molecule has 7 nitrogen and oxygen atoms in total. The number of nitrogens with one attached hydrogen (secondary N) is 1.